The summed E-state index contributed by atoms with van der Waals surface area (Å²) in [5, 5.41) is 3.51. The Labute approximate surface area is 115 Å². The number of benzene rings is 1. The molecule has 6 heteroatoms. The zero-order valence-corrected chi connectivity index (χ0v) is 11.3. The van der Waals surface area contributed by atoms with Crippen LogP contribution in [0.1, 0.15) is 17.3 Å². The molecule has 0 aromatic heterocycles. The van der Waals surface area contributed by atoms with Crippen molar-refractivity contribution in [3.63, 3.8) is 0 Å². The molecule has 1 N–H and O–H groups in total. The molecule has 1 aromatic rings. The molecular weight excluding hydrogens is 275 g/mol. The van der Waals surface area contributed by atoms with Crippen LogP contribution in [0, 0.1) is 0 Å². The van der Waals surface area contributed by atoms with Crippen LogP contribution in [-0.2, 0) is 4.79 Å². The molecule has 18 heavy (non-hydrogen) atoms. The zero-order chi connectivity index (χ0) is 13.3. The summed E-state index contributed by atoms with van der Waals surface area (Å²) in [5.41, 5.74) is 0.397. The van der Waals surface area contributed by atoms with Crippen LogP contribution in [0.25, 0.3) is 0 Å². The molecule has 1 aliphatic rings. The normalized spacial score (nSPS) is 19.6. The van der Waals surface area contributed by atoms with Gasteiger partial charge in [0.25, 0.3) is 5.91 Å². The van der Waals surface area contributed by atoms with Crippen molar-refractivity contribution < 1.29 is 9.59 Å². The lowest BCUT2D eigenvalue weighted by Gasteiger charge is -2.32. The summed E-state index contributed by atoms with van der Waals surface area (Å²) in [6.45, 7) is 2.64. The van der Waals surface area contributed by atoms with E-state index in [4.69, 9.17) is 23.2 Å². The highest BCUT2D eigenvalue weighted by atomic mass is 35.5. The molecule has 1 saturated heterocycles. The van der Waals surface area contributed by atoms with Crippen LogP contribution < -0.4 is 5.32 Å². The lowest BCUT2D eigenvalue weighted by atomic mass is 10.1. The first-order valence-corrected chi connectivity index (χ1v) is 6.29. The number of nitrogens with zero attached hydrogens (tertiary/aromatic N) is 1. The molecule has 2 rings (SSSR count). The molecule has 96 valence electrons. The number of hydrogen-bond donors (Lipinski definition) is 1. The third-order valence-corrected chi connectivity index (χ3v) is 3.31. The van der Waals surface area contributed by atoms with Gasteiger partial charge in [0, 0.05) is 28.7 Å². The van der Waals surface area contributed by atoms with E-state index in [2.05, 4.69) is 5.32 Å². The second kappa shape index (κ2) is 5.16. The van der Waals surface area contributed by atoms with Gasteiger partial charge in [-0.2, -0.15) is 0 Å². The molecule has 0 saturated carbocycles. The van der Waals surface area contributed by atoms with Gasteiger partial charge in [-0.25, -0.2) is 0 Å². The average molecular weight is 287 g/mol. The van der Waals surface area contributed by atoms with Gasteiger partial charge in [-0.3, -0.25) is 9.59 Å². The molecule has 1 aliphatic heterocycles. The van der Waals surface area contributed by atoms with Gasteiger partial charge >= 0.3 is 0 Å². The molecule has 0 aliphatic carbocycles. The fourth-order valence-corrected chi connectivity index (χ4v) is 2.43. The maximum absolute atomic E-state index is 12.3. The van der Waals surface area contributed by atoms with Crippen molar-refractivity contribution in [2.45, 2.75) is 13.0 Å². The molecule has 1 aromatic carbocycles. The van der Waals surface area contributed by atoms with Crippen LogP contribution in [0.15, 0.2) is 18.2 Å². The van der Waals surface area contributed by atoms with Gasteiger partial charge in [0.2, 0.25) is 5.91 Å². The Morgan fingerprint density at radius 3 is 2.56 bits per heavy atom. The molecule has 0 bridgehead atoms. The summed E-state index contributed by atoms with van der Waals surface area (Å²) in [4.78, 5) is 25.3. The standard InChI is InChI=1S/C12H12Cl2N2O2/c1-7-11(17)15-2-3-16(7)12(18)8-4-9(13)6-10(14)5-8/h4-7H,2-3H2,1H3,(H,15,17). The minimum Gasteiger partial charge on any atom is -0.353 e. The van der Waals surface area contributed by atoms with Gasteiger partial charge in [-0.15, -0.1) is 0 Å². The van der Waals surface area contributed by atoms with Crippen LogP contribution in [0.2, 0.25) is 10.0 Å². The van der Waals surface area contributed by atoms with Crippen LogP contribution >= 0.6 is 23.2 Å². The number of halogens is 2. The van der Waals surface area contributed by atoms with Crippen molar-refractivity contribution in [1.29, 1.82) is 0 Å². The van der Waals surface area contributed by atoms with E-state index in [1.54, 1.807) is 25.1 Å². The summed E-state index contributed by atoms with van der Waals surface area (Å²) >= 11 is 11.7. The van der Waals surface area contributed by atoms with Gasteiger partial charge in [-0.1, -0.05) is 23.2 Å². The lowest BCUT2D eigenvalue weighted by Crippen LogP contribution is -2.55. The third-order valence-electron chi connectivity index (χ3n) is 2.87. The Bertz CT molecular complexity index is 485. The maximum Gasteiger partial charge on any atom is 0.254 e. The number of piperazine rings is 1. The van der Waals surface area contributed by atoms with Crippen LogP contribution in [0.4, 0.5) is 0 Å². The molecular formula is C12H12Cl2N2O2. The number of hydrogen-bond acceptors (Lipinski definition) is 2. The highest BCUT2D eigenvalue weighted by Crippen LogP contribution is 2.21. The number of carbonyl (C=O) groups excluding carboxylic acids is 2. The van der Waals surface area contributed by atoms with E-state index in [0.29, 0.717) is 28.7 Å². The Kier molecular flexibility index (Phi) is 3.78. The van der Waals surface area contributed by atoms with Crippen molar-refractivity contribution in [1.82, 2.24) is 10.2 Å². The molecule has 1 heterocycles. The fraction of sp³-hybridized carbons (Fsp3) is 0.333. The van der Waals surface area contributed by atoms with Gasteiger partial charge in [0.15, 0.2) is 0 Å². The molecule has 0 spiro atoms. The van der Waals surface area contributed by atoms with E-state index in [0.717, 1.165) is 0 Å². The Hall–Kier alpha value is -1.26. The summed E-state index contributed by atoms with van der Waals surface area (Å²) in [6, 6.07) is 4.18. The van der Waals surface area contributed by atoms with Gasteiger partial charge < -0.3 is 10.2 Å². The average Bonchev–Trinajstić information content (AvgIpc) is 2.30. The number of carbonyl (C=O) groups is 2. The van der Waals surface area contributed by atoms with Gasteiger partial charge in [0.05, 0.1) is 0 Å². The number of nitrogens with one attached hydrogen (secondary N) is 1. The van der Waals surface area contributed by atoms with E-state index in [1.807, 2.05) is 0 Å². The quantitative estimate of drug-likeness (QED) is 0.858. The first-order chi connectivity index (χ1) is 8.49. The minimum atomic E-state index is -0.482. The van der Waals surface area contributed by atoms with Crippen molar-refractivity contribution in [3.8, 4) is 0 Å². The summed E-state index contributed by atoms with van der Waals surface area (Å²) in [7, 11) is 0. The molecule has 1 unspecified atom stereocenters. The van der Waals surface area contributed by atoms with Crippen molar-refractivity contribution in [2.24, 2.45) is 0 Å². The third kappa shape index (κ3) is 2.60. The lowest BCUT2D eigenvalue weighted by molar-refractivity contribution is -0.127. The van der Waals surface area contributed by atoms with Crippen LogP contribution in [0.3, 0.4) is 0 Å². The van der Waals surface area contributed by atoms with Crippen molar-refractivity contribution in [3.05, 3.63) is 33.8 Å². The van der Waals surface area contributed by atoms with Crippen LogP contribution in [-0.4, -0.2) is 35.8 Å². The molecule has 0 radical (unpaired) electrons. The van der Waals surface area contributed by atoms with Gasteiger partial charge in [-0.05, 0) is 25.1 Å². The van der Waals surface area contributed by atoms with Gasteiger partial charge in [0.1, 0.15) is 6.04 Å². The van der Waals surface area contributed by atoms with E-state index < -0.39 is 6.04 Å². The first-order valence-electron chi connectivity index (χ1n) is 5.54. The van der Waals surface area contributed by atoms with E-state index in [9.17, 15) is 9.59 Å². The topological polar surface area (TPSA) is 49.4 Å². The minimum absolute atomic E-state index is 0.150. The van der Waals surface area contributed by atoms with Crippen molar-refractivity contribution >= 4 is 35.0 Å². The van der Waals surface area contributed by atoms with E-state index >= 15 is 0 Å². The zero-order valence-electron chi connectivity index (χ0n) is 9.74. The Balaban J connectivity index is 2.27. The second-order valence-electron chi connectivity index (χ2n) is 4.12. The van der Waals surface area contributed by atoms with E-state index in [1.165, 1.54) is 4.90 Å². The summed E-state index contributed by atoms with van der Waals surface area (Å²) in [6.07, 6.45) is 0. The SMILES string of the molecule is CC1C(=O)NCCN1C(=O)c1cc(Cl)cc(Cl)c1. The highest BCUT2D eigenvalue weighted by Gasteiger charge is 2.30. The number of amides is 2. The largest absolute Gasteiger partial charge is 0.353 e. The monoisotopic (exact) mass is 286 g/mol. The molecule has 1 fully saturated rings. The molecule has 4 nitrogen and oxygen atoms in total. The van der Waals surface area contributed by atoms with E-state index in [-0.39, 0.29) is 11.8 Å². The smallest absolute Gasteiger partial charge is 0.254 e. The molecule has 1 atom stereocenters. The summed E-state index contributed by atoms with van der Waals surface area (Å²) < 4.78 is 0. The van der Waals surface area contributed by atoms with Crippen LogP contribution in [0.5, 0.6) is 0 Å². The highest BCUT2D eigenvalue weighted by molar-refractivity contribution is 6.35. The number of rotatable bonds is 1. The first kappa shape index (κ1) is 13.2. The second-order valence-corrected chi connectivity index (χ2v) is 5.00. The maximum atomic E-state index is 12.3. The Morgan fingerprint density at radius 2 is 1.94 bits per heavy atom. The Morgan fingerprint density at radius 1 is 1.33 bits per heavy atom. The predicted octanol–water partition coefficient (Wildman–Crippen LogP) is 1.95. The fourth-order valence-electron chi connectivity index (χ4n) is 1.90. The molecule has 2 amide bonds. The summed E-state index contributed by atoms with van der Waals surface area (Å²) in [5.74, 6) is -0.385. The van der Waals surface area contributed by atoms with Crippen molar-refractivity contribution in [2.75, 3.05) is 13.1 Å². The predicted molar refractivity (Wildman–Crippen MR) is 70.0 cm³/mol.